The van der Waals surface area contributed by atoms with Gasteiger partial charge in [0.25, 0.3) is 0 Å². The number of nitrogens with one attached hydrogen (secondary N) is 1. The molecule has 0 radical (unpaired) electrons. The molecule has 0 aliphatic carbocycles. The van der Waals surface area contributed by atoms with Crippen LogP contribution in [0.2, 0.25) is 0 Å². The molecule has 0 amide bonds. The number of nitrogens with zero attached hydrogens (tertiary/aromatic N) is 1. The third-order valence-electron chi connectivity index (χ3n) is 3.62. The number of rotatable bonds is 4. The number of anilines is 1. The van der Waals surface area contributed by atoms with Crippen LogP contribution in [0.3, 0.4) is 0 Å². The SMILES string of the molecule is CCc1ccc(CNc2ccc3c(c2)CN(C)C3)o1. The topological polar surface area (TPSA) is 28.4 Å². The van der Waals surface area contributed by atoms with Gasteiger partial charge in [0.05, 0.1) is 6.54 Å². The van der Waals surface area contributed by atoms with Crippen molar-refractivity contribution >= 4 is 5.69 Å². The number of fused-ring (bicyclic) bond motifs is 1. The lowest BCUT2D eigenvalue weighted by Crippen LogP contribution is -2.07. The van der Waals surface area contributed by atoms with Gasteiger partial charge >= 0.3 is 0 Å². The van der Waals surface area contributed by atoms with Crippen LogP contribution in [-0.2, 0) is 26.1 Å². The first-order valence-corrected chi connectivity index (χ1v) is 6.86. The van der Waals surface area contributed by atoms with Crippen LogP contribution in [0.4, 0.5) is 5.69 Å². The molecular weight excluding hydrogens is 236 g/mol. The summed E-state index contributed by atoms with van der Waals surface area (Å²) >= 11 is 0. The Bertz CT molecular complexity index is 574. The van der Waals surface area contributed by atoms with Crippen molar-refractivity contribution in [2.45, 2.75) is 33.0 Å². The lowest BCUT2D eigenvalue weighted by atomic mass is 10.1. The maximum absolute atomic E-state index is 5.69. The number of furan rings is 1. The van der Waals surface area contributed by atoms with Gasteiger partial charge in [-0.05, 0) is 42.4 Å². The highest BCUT2D eigenvalue weighted by molar-refractivity contribution is 5.49. The Balaban J connectivity index is 1.66. The molecule has 3 rings (SSSR count). The Morgan fingerprint density at radius 3 is 2.68 bits per heavy atom. The number of benzene rings is 1. The average molecular weight is 256 g/mol. The van der Waals surface area contributed by atoms with E-state index in [0.717, 1.165) is 37.6 Å². The molecule has 0 unspecified atom stereocenters. The van der Waals surface area contributed by atoms with Gasteiger partial charge in [0.15, 0.2) is 0 Å². The molecule has 3 heteroatoms. The third-order valence-corrected chi connectivity index (χ3v) is 3.62. The third kappa shape index (κ3) is 2.66. The summed E-state index contributed by atoms with van der Waals surface area (Å²) in [6.45, 7) is 4.96. The zero-order valence-corrected chi connectivity index (χ0v) is 11.6. The first-order chi connectivity index (χ1) is 9.24. The lowest BCUT2D eigenvalue weighted by Gasteiger charge is -2.06. The highest BCUT2D eigenvalue weighted by atomic mass is 16.3. The van der Waals surface area contributed by atoms with Gasteiger partial charge in [-0.3, -0.25) is 4.90 Å². The van der Waals surface area contributed by atoms with Gasteiger partial charge in [0.2, 0.25) is 0 Å². The minimum absolute atomic E-state index is 0.745. The molecule has 0 saturated heterocycles. The quantitative estimate of drug-likeness (QED) is 0.908. The number of hydrogen-bond acceptors (Lipinski definition) is 3. The standard InChI is InChI=1S/C16H20N2O/c1-3-15-6-7-16(19-15)9-17-14-5-4-12-10-18(2)11-13(12)8-14/h4-8,17H,3,9-11H2,1-2H3. The lowest BCUT2D eigenvalue weighted by molar-refractivity contribution is 0.353. The number of hydrogen-bond donors (Lipinski definition) is 1. The predicted octanol–water partition coefficient (Wildman–Crippen LogP) is 3.40. The Kier molecular flexibility index (Phi) is 3.30. The summed E-state index contributed by atoms with van der Waals surface area (Å²) in [5, 5.41) is 3.43. The van der Waals surface area contributed by atoms with E-state index in [2.05, 4.69) is 48.5 Å². The van der Waals surface area contributed by atoms with E-state index in [0.29, 0.717) is 0 Å². The van der Waals surface area contributed by atoms with E-state index in [1.54, 1.807) is 0 Å². The summed E-state index contributed by atoms with van der Waals surface area (Å²) < 4.78 is 5.69. The molecule has 1 aromatic carbocycles. The maximum atomic E-state index is 5.69. The zero-order chi connectivity index (χ0) is 13.2. The smallest absolute Gasteiger partial charge is 0.123 e. The van der Waals surface area contributed by atoms with Gasteiger partial charge in [0.1, 0.15) is 11.5 Å². The second-order valence-electron chi connectivity index (χ2n) is 5.23. The minimum atomic E-state index is 0.745. The predicted molar refractivity (Wildman–Crippen MR) is 77.0 cm³/mol. The van der Waals surface area contributed by atoms with Gasteiger partial charge < -0.3 is 9.73 Å². The largest absolute Gasteiger partial charge is 0.464 e. The number of aryl methyl sites for hydroxylation is 1. The van der Waals surface area contributed by atoms with Gasteiger partial charge in [0, 0.05) is 25.2 Å². The Morgan fingerprint density at radius 2 is 1.89 bits per heavy atom. The van der Waals surface area contributed by atoms with Crippen LogP contribution in [0.15, 0.2) is 34.7 Å². The van der Waals surface area contributed by atoms with E-state index in [9.17, 15) is 0 Å². The Morgan fingerprint density at radius 1 is 1.11 bits per heavy atom. The summed E-state index contributed by atoms with van der Waals surface area (Å²) in [6, 6.07) is 10.7. The van der Waals surface area contributed by atoms with Crippen LogP contribution in [0.5, 0.6) is 0 Å². The van der Waals surface area contributed by atoms with Crippen LogP contribution >= 0.6 is 0 Å². The van der Waals surface area contributed by atoms with E-state index in [4.69, 9.17) is 4.42 Å². The van der Waals surface area contributed by atoms with E-state index in [-0.39, 0.29) is 0 Å². The zero-order valence-electron chi connectivity index (χ0n) is 11.6. The van der Waals surface area contributed by atoms with Gasteiger partial charge in [-0.2, -0.15) is 0 Å². The van der Waals surface area contributed by atoms with Crippen molar-refractivity contribution in [1.82, 2.24) is 4.90 Å². The summed E-state index contributed by atoms with van der Waals surface area (Å²) in [5.41, 5.74) is 4.05. The van der Waals surface area contributed by atoms with Crippen molar-refractivity contribution < 1.29 is 4.42 Å². The molecule has 0 saturated carbocycles. The molecule has 1 N–H and O–H groups in total. The highest BCUT2D eigenvalue weighted by Crippen LogP contribution is 2.24. The molecule has 0 fully saturated rings. The molecule has 0 spiro atoms. The summed E-state index contributed by atoms with van der Waals surface area (Å²) in [5.74, 6) is 2.04. The van der Waals surface area contributed by atoms with Crippen LogP contribution < -0.4 is 5.32 Å². The van der Waals surface area contributed by atoms with E-state index in [1.165, 1.54) is 16.8 Å². The fourth-order valence-corrected chi connectivity index (χ4v) is 2.57. The molecule has 0 bridgehead atoms. The fourth-order valence-electron chi connectivity index (χ4n) is 2.57. The highest BCUT2D eigenvalue weighted by Gasteiger charge is 2.15. The van der Waals surface area contributed by atoms with Crippen molar-refractivity contribution in [1.29, 1.82) is 0 Å². The maximum Gasteiger partial charge on any atom is 0.123 e. The van der Waals surface area contributed by atoms with Gasteiger partial charge in [-0.1, -0.05) is 13.0 Å². The average Bonchev–Trinajstić information content (AvgIpc) is 3.00. The summed E-state index contributed by atoms with van der Waals surface area (Å²) in [7, 11) is 2.15. The monoisotopic (exact) mass is 256 g/mol. The molecule has 2 heterocycles. The van der Waals surface area contributed by atoms with Crippen molar-refractivity contribution in [2.24, 2.45) is 0 Å². The molecular formula is C16H20N2O. The molecule has 0 atom stereocenters. The van der Waals surface area contributed by atoms with Crippen molar-refractivity contribution in [3.8, 4) is 0 Å². The fraction of sp³-hybridized carbons (Fsp3) is 0.375. The van der Waals surface area contributed by atoms with Crippen molar-refractivity contribution in [3.63, 3.8) is 0 Å². The first-order valence-electron chi connectivity index (χ1n) is 6.86. The Labute approximate surface area is 114 Å². The van der Waals surface area contributed by atoms with Crippen LogP contribution in [0.1, 0.15) is 29.6 Å². The molecule has 19 heavy (non-hydrogen) atoms. The molecule has 100 valence electrons. The first kappa shape index (κ1) is 12.3. The van der Waals surface area contributed by atoms with E-state index in [1.807, 2.05) is 6.07 Å². The van der Waals surface area contributed by atoms with Gasteiger partial charge in [-0.25, -0.2) is 0 Å². The van der Waals surface area contributed by atoms with E-state index >= 15 is 0 Å². The van der Waals surface area contributed by atoms with Crippen molar-refractivity contribution in [2.75, 3.05) is 12.4 Å². The normalized spacial score (nSPS) is 14.6. The second-order valence-corrected chi connectivity index (χ2v) is 5.23. The van der Waals surface area contributed by atoms with Crippen LogP contribution in [0, 0.1) is 0 Å². The molecule has 3 nitrogen and oxygen atoms in total. The Hall–Kier alpha value is -1.74. The molecule has 1 aliphatic heterocycles. The van der Waals surface area contributed by atoms with Crippen molar-refractivity contribution in [3.05, 3.63) is 53.0 Å². The van der Waals surface area contributed by atoms with Crippen LogP contribution in [-0.4, -0.2) is 11.9 Å². The molecule has 1 aromatic heterocycles. The molecule has 1 aliphatic rings. The summed E-state index contributed by atoms with van der Waals surface area (Å²) in [6.07, 6.45) is 0.950. The summed E-state index contributed by atoms with van der Waals surface area (Å²) in [4.78, 5) is 2.33. The minimum Gasteiger partial charge on any atom is -0.464 e. The second kappa shape index (κ2) is 5.10. The van der Waals surface area contributed by atoms with Gasteiger partial charge in [-0.15, -0.1) is 0 Å². The van der Waals surface area contributed by atoms with E-state index < -0.39 is 0 Å². The van der Waals surface area contributed by atoms with Crippen LogP contribution in [0.25, 0.3) is 0 Å². The molecule has 2 aromatic rings.